The summed E-state index contributed by atoms with van der Waals surface area (Å²) in [5.74, 6) is -0.675. The predicted molar refractivity (Wildman–Crippen MR) is 218 cm³/mol. The van der Waals surface area contributed by atoms with E-state index in [0.29, 0.717) is 41.3 Å². The summed E-state index contributed by atoms with van der Waals surface area (Å²) < 4.78 is 156. The average molecular weight is 943 g/mol. The smallest absolute Gasteiger partial charge is 0.440 e. The summed E-state index contributed by atoms with van der Waals surface area (Å²) in [6.45, 7) is 0. The minimum absolute atomic E-state index is 0.00606. The molecule has 2 atom stereocenters. The molecule has 6 aromatic carbocycles. The Morgan fingerprint density at radius 3 is 1.11 bits per heavy atom. The molecular formula is C39H30F9N6O6P3. The SMILES string of the molecule is Nc1ccc(ON2P(Oc3ccc(C(F)(F)F)cc3)N=P(Oc3ccc(C(F)(F)F)cc3)(Oc3ccc(C(F)(F)F)cc3)N(Oc3ccc(N)cc3)P2Oc2ccc(N)cc2)cc1. The molecule has 2 unspecified atom stereocenters. The van der Waals surface area contributed by atoms with Gasteiger partial charge in [-0.2, -0.15) is 39.5 Å². The summed E-state index contributed by atoms with van der Waals surface area (Å²) in [4.78, 5) is 12.8. The Labute approximate surface area is 354 Å². The number of hydrogen-bond acceptors (Lipinski definition) is 12. The second-order valence-electron chi connectivity index (χ2n) is 12.9. The van der Waals surface area contributed by atoms with Gasteiger partial charge in [0.1, 0.15) is 34.5 Å². The van der Waals surface area contributed by atoms with Crippen molar-refractivity contribution < 1.29 is 67.3 Å². The molecular weight excluding hydrogens is 912 g/mol. The molecule has 0 amide bonds. The Bertz CT molecular complexity index is 2480. The van der Waals surface area contributed by atoms with E-state index in [1.54, 1.807) is 0 Å². The van der Waals surface area contributed by atoms with Gasteiger partial charge in [-0.05, 0) is 146 Å². The number of halogens is 9. The van der Waals surface area contributed by atoms with Crippen LogP contribution in [0.1, 0.15) is 16.7 Å². The standard InChI is InChI=1S/C39H30F9N6O6P3/c40-37(41,42)25-1-13-33(14-2-25)57-61-52-63(59-35-15-3-26(4-16-35)38(43,44)45,60-36-17-5-27(6-18-36)39(46,47)48)54(56-32-21-9-29(50)10-22-32)62(58-34-23-11-30(51)12-24-34)53(61)55-31-19-7-28(49)8-20-31/h1-24H,49-51H2. The molecule has 1 aliphatic rings. The lowest BCUT2D eigenvalue weighted by Crippen LogP contribution is -2.37. The first kappa shape index (κ1) is 44.9. The third kappa shape index (κ3) is 11.1. The number of nitrogen functional groups attached to an aromatic ring is 3. The third-order valence-electron chi connectivity index (χ3n) is 8.23. The monoisotopic (exact) mass is 942 g/mol. The number of rotatable bonds is 12. The van der Waals surface area contributed by atoms with E-state index in [1.807, 2.05) is 0 Å². The second kappa shape index (κ2) is 17.9. The Morgan fingerprint density at radius 2 is 0.730 bits per heavy atom. The largest absolute Gasteiger partial charge is 0.447 e. The van der Waals surface area contributed by atoms with Crippen LogP contribution in [0.4, 0.5) is 56.6 Å². The number of hydrogen-bond donors (Lipinski definition) is 3. The summed E-state index contributed by atoms with van der Waals surface area (Å²) in [6.07, 6.45) is -14.3. The molecule has 0 saturated carbocycles. The van der Waals surface area contributed by atoms with Gasteiger partial charge in [-0.1, -0.05) is 0 Å². The molecule has 7 rings (SSSR count). The lowest BCUT2D eigenvalue weighted by atomic mass is 10.2. The average Bonchev–Trinajstić information content (AvgIpc) is 3.22. The zero-order valence-electron chi connectivity index (χ0n) is 31.6. The number of nitrogens with zero attached hydrogens (tertiary/aromatic N) is 3. The zero-order chi connectivity index (χ0) is 45.2. The molecule has 63 heavy (non-hydrogen) atoms. The fourth-order valence-corrected chi connectivity index (χ4v) is 12.6. The fraction of sp³-hybridized carbons (Fsp3) is 0.0769. The number of benzene rings is 6. The molecule has 24 heteroatoms. The molecule has 6 N–H and O–H groups in total. The molecule has 1 heterocycles. The van der Waals surface area contributed by atoms with E-state index in [2.05, 4.69) is 0 Å². The number of nitrogens with two attached hydrogens (primary N) is 3. The van der Waals surface area contributed by atoms with Crippen LogP contribution < -0.4 is 45.0 Å². The van der Waals surface area contributed by atoms with E-state index < -0.39 is 59.8 Å². The van der Waals surface area contributed by atoms with Crippen molar-refractivity contribution in [2.45, 2.75) is 18.5 Å². The van der Waals surface area contributed by atoms with Crippen molar-refractivity contribution in [3.05, 3.63) is 162 Å². The third-order valence-corrected chi connectivity index (χ3v) is 15.1. The van der Waals surface area contributed by atoms with E-state index >= 15 is 0 Å². The van der Waals surface area contributed by atoms with Crippen molar-refractivity contribution in [1.29, 1.82) is 0 Å². The van der Waals surface area contributed by atoms with Crippen LogP contribution >= 0.6 is 24.6 Å². The highest BCUT2D eigenvalue weighted by Crippen LogP contribution is 2.77. The van der Waals surface area contributed by atoms with E-state index in [9.17, 15) is 39.5 Å². The summed E-state index contributed by atoms with van der Waals surface area (Å²) >= 11 is 0. The van der Waals surface area contributed by atoms with Crippen molar-refractivity contribution >= 4 is 41.6 Å². The van der Waals surface area contributed by atoms with Gasteiger partial charge in [-0.3, -0.25) is 0 Å². The predicted octanol–water partition coefficient (Wildman–Crippen LogP) is 13.1. The summed E-state index contributed by atoms with van der Waals surface area (Å²) in [5, 5.41) is 0. The van der Waals surface area contributed by atoms with E-state index in [1.165, 1.54) is 72.8 Å². The van der Waals surface area contributed by atoms with Gasteiger partial charge >= 0.3 is 43.1 Å². The summed E-state index contributed by atoms with van der Waals surface area (Å²) in [6, 6.07) is 27.5. The van der Waals surface area contributed by atoms with Crippen molar-refractivity contribution in [2.24, 2.45) is 4.52 Å². The highest BCUT2D eigenvalue weighted by molar-refractivity contribution is 7.78. The molecule has 0 aliphatic carbocycles. The minimum atomic E-state index is -4.77. The molecule has 330 valence electrons. The number of anilines is 3. The molecule has 0 aromatic heterocycles. The minimum Gasteiger partial charge on any atom is -0.440 e. The van der Waals surface area contributed by atoms with Crippen molar-refractivity contribution in [3.63, 3.8) is 0 Å². The maximum atomic E-state index is 13.7. The molecule has 0 fully saturated rings. The quantitative estimate of drug-likeness (QED) is 0.0610. The van der Waals surface area contributed by atoms with Gasteiger partial charge in [0.25, 0.3) is 0 Å². The van der Waals surface area contributed by atoms with Crippen molar-refractivity contribution in [3.8, 4) is 34.5 Å². The van der Waals surface area contributed by atoms with Gasteiger partial charge < -0.3 is 45.0 Å². The Balaban J connectivity index is 1.49. The first-order valence-electron chi connectivity index (χ1n) is 17.8. The van der Waals surface area contributed by atoms with Crippen LogP contribution in [-0.4, -0.2) is 9.21 Å². The Kier molecular flexibility index (Phi) is 12.8. The topological polar surface area (TPSA) is 152 Å². The second-order valence-corrected chi connectivity index (χ2v) is 18.4. The van der Waals surface area contributed by atoms with Gasteiger partial charge in [0.05, 0.1) is 16.7 Å². The lowest BCUT2D eigenvalue weighted by molar-refractivity contribution is -0.138. The molecule has 0 saturated heterocycles. The first-order valence-corrected chi connectivity index (χ1v) is 21.6. The highest BCUT2D eigenvalue weighted by Gasteiger charge is 2.58. The van der Waals surface area contributed by atoms with Gasteiger partial charge in [-0.25, -0.2) is 0 Å². The van der Waals surface area contributed by atoms with Crippen LogP contribution in [0.15, 0.2) is 150 Å². The van der Waals surface area contributed by atoms with Gasteiger partial charge in [-0.15, -0.1) is 4.52 Å². The van der Waals surface area contributed by atoms with Gasteiger partial charge in [0, 0.05) is 26.3 Å². The Hall–Kier alpha value is -6.10. The van der Waals surface area contributed by atoms with Crippen molar-refractivity contribution in [1.82, 2.24) is 9.21 Å². The van der Waals surface area contributed by atoms with Crippen LogP contribution in [0.3, 0.4) is 0 Å². The van der Waals surface area contributed by atoms with E-state index in [0.717, 1.165) is 57.7 Å². The Morgan fingerprint density at radius 1 is 0.413 bits per heavy atom. The van der Waals surface area contributed by atoms with Crippen LogP contribution in [0.25, 0.3) is 0 Å². The van der Waals surface area contributed by atoms with Crippen LogP contribution in [0.5, 0.6) is 34.5 Å². The molecule has 1 aliphatic heterocycles. The van der Waals surface area contributed by atoms with E-state index in [-0.39, 0.29) is 34.5 Å². The molecule has 6 aromatic rings. The van der Waals surface area contributed by atoms with E-state index in [4.69, 9.17) is 49.5 Å². The zero-order valence-corrected chi connectivity index (χ0v) is 34.3. The fourth-order valence-electron chi connectivity index (χ4n) is 5.15. The maximum Gasteiger partial charge on any atom is 0.447 e. The molecule has 12 nitrogen and oxygen atoms in total. The van der Waals surface area contributed by atoms with Gasteiger partial charge in [0.2, 0.25) is 0 Å². The van der Waals surface area contributed by atoms with Crippen LogP contribution in [0.2, 0.25) is 0 Å². The van der Waals surface area contributed by atoms with Crippen LogP contribution in [-0.2, 0) is 18.5 Å². The lowest BCUT2D eigenvalue weighted by Gasteiger charge is -2.43. The molecule has 0 radical (unpaired) electrons. The number of alkyl halides is 9. The van der Waals surface area contributed by atoms with Gasteiger partial charge in [0.15, 0.2) is 0 Å². The normalized spacial score (nSPS) is 17.0. The summed E-state index contributed by atoms with van der Waals surface area (Å²) in [5.41, 5.74) is 15.7. The first-order chi connectivity index (χ1) is 29.7. The van der Waals surface area contributed by atoms with Crippen molar-refractivity contribution in [2.75, 3.05) is 17.2 Å². The van der Waals surface area contributed by atoms with Crippen LogP contribution in [0, 0.1) is 0 Å². The molecule has 0 spiro atoms. The maximum absolute atomic E-state index is 13.7. The highest BCUT2D eigenvalue weighted by atomic mass is 31.3. The summed E-state index contributed by atoms with van der Waals surface area (Å²) in [7, 11) is -10.4. The molecule has 0 bridgehead atoms.